The van der Waals surface area contributed by atoms with Crippen molar-refractivity contribution in [3.05, 3.63) is 35.7 Å². The fraction of sp³-hybridized carbons (Fsp3) is 0.385. The molecular formula is C13H15ClN2O. The van der Waals surface area contributed by atoms with Gasteiger partial charge < -0.3 is 4.52 Å². The Morgan fingerprint density at radius 3 is 2.53 bits per heavy atom. The van der Waals surface area contributed by atoms with Crippen molar-refractivity contribution in [3.63, 3.8) is 0 Å². The first-order valence-electron chi connectivity index (χ1n) is 5.51. The molecule has 0 saturated heterocycles. The Balaban J connectivity index is 2.52. The van der Waals surface area contributed by atoms with Gasteiger partial charge in [0.1, 0.15) is 0 Å². The number of alkyl halides is 1. The molecule has 0 amide bonds. The van der Waals surface area contributed by atoms with E-state index in [9.17, 15) is 0 Å². The van der Waals surface area contributed by atoms with Gasteiger partial charge in [-0.1, -0.05) is 44.1 Å². The molecule has 0 aliphatic carbocycles. The summed E-state index contributed by atoms with van der Waals surface area (Å²) >= 11 is 5.67. The van der Waals surface area contributed by atoms with Crippen molar-refractivity contribution in [2.24, 2.45) is 0 Å². The zero-order valence-corrected chi connectivity index (χ0v) is 11.0. The van der Waals surface area contributed by atoms with Crippen LogP contribution in [0.2, 0.25) is 0 Å². The molecule has 2 aromatic rings. The number of benzene rings is 1. The third-order valence-electron chi connectivity index (χ3n) is 2.55. The van der Waals surface area contributed by atoms with Crippen molar-refractivity contribution in [2.75, 3.05) is 0 Å². The molecule has 0 radical (unpaired) electrons. The van der Waals surface area contributed by atoms with E-state index in [0.717, 1.165) is 5.56 Å². The molecule has 17 heavy (non-hydrogen) atoms. The maximum Gasteiger partial charge on any atom is 0.258 e. The molecule has 0 atom stereocenters. The minimum absolute atomic E-state index is 0.0339. The van der Waals surface area contributed by atoms with Crippen molar-refractivity contribution in [2.45, 2.75) is 32.1 Å². The zero-order valence-electron chi connectivity index (χ0n) is 10.2. The van der Waals surface area contributed by atoms with Gasteiger partial charge >= 0.3 is 0 Å². The summed E-state index contributed by atoms with van der Waals surface area (Å²) < 4.78 is 5.23. The van der Waals surface area contributed by atoms with Crippen LogP contribution in [0, 0.1) is 0 Å². The van der Waals surface area contributed by atoms with E-state index in [2.05, 4.69) is 37.0 Å². The molecule has 0 bridgehead atoms. The van der Waals surface area contributed by atoms with Crippen LogP contribution in [0.15, 0.2) is 28.8 Å². The van der Waals surface area contributed by atoms with Gasteiger partial charge in [-0.2, -0.15) is 4.98 Å². The molecule has 0 N–H and O–H groups in total. The highest BCUT2D eigenvalue weighted by molar-refractivity contribution is 6.16. The number of hydrogen-bond acceptors (Lipinski definition) is 3. The molecule has 0 saturated carbocycles. The molecule has 0 fully saturated rings. The number of rotatable bonds is 2. The monoisotopic (exact) mass is 250 g/mol. The fourth-order valence-corrected chi connectivity index (χ4v) is 1.85. The third-order valence-corrected chi connectivity index (χ3v) is 2.79. The number of hydrogen-bond donors (Lipinski definition) is 0. The topological polar surface area (TPSA) is 38.9 Å². The molecule has 1 aromatic carbocycles. The van der Waals surface area contributed by atoms with E-state index in [4.69, 9.17) is 16.1 Å². The van der Waals surface area contributed by atoms with Gasteiger partial charge in [-0.05, 0) is 17.0 Å². The van der Waals surface area contributed by atoms with E-state index in [-0.39, 0.29) is 11.3 Å². The van der Waals surface area contributed by atoms with E-state index in [1.807, 2.05) is 18.2 Å². The van der Waals surface area contributed by atoms with E-state index in [1.165, 1.54) is 5.56 Å². The quantitative estimate of drug-likeness (QED) is 0.762. The van der Waals surface area contributed by atoms with Crippen LogP contribution in [0.25, 0.3) is 11.5 Å². The van der Waals surface area contributed by atoms with Gasteiger partial charge in [-0.25, -0.2) is 0 Å². The largest absolute Gasteiger partial charge is 0.334 e. The van der Waals surface area contributed by atoms with Gasteiger partial charge in [0.05, 0.1) is 5.88 Å². The zero-order chi connectivity index (χ0) is 12.5. The summed E-state index contributed by atoms with van der Waals surface area (Å²) in [4.78, 5) is 4.26. The first kappa shape index (κ1) is 12.1. The number of aromatic nitrogens is 2. The predicted molar refractivity (Wildman–Crippen MR) is 68.0 cm³/mol. The van der Waals surface area contributed by atoms with Crippen LogP contribution >= 0.6 is 11.6 Å². The second-order valence-electron chi connectivity index (χ2n) is 4.94. The Hall–Kier alpha value is -1.35. The average Bonchev–Trinajstić information content (AvgIpc) is 2.76. The van der Waals surface area contributed by atoms with E-state index < -0.39 is 0 Å². The Bertz CT molecular complexity index is 514. The van der Waals surface area contributed by atoms with E-state index in [0.29, 0.717) is 11.7 Å². The second kappa shape index (κ2) is 4.49. The van der Waals surface area contributed by atoms with Crippen LogP contribution in [0.1, 0.15) is 32.2 Å². The molecule has 1 heterocycles. The second-order valence-corrected chi connectivity index (χ2v) is 5.21. The highest BCUT2D eigenvalue weighted by Gasteiger charge is 2.21. The van der Waals surface area contributed by atoms with E-state index in [1.54, 1.807) is 0 Å². The maximum absolute atomic E-state index is 5.67. The molecule has 0 aliphatic heterocycles. The molecule has 4 heteroatoms. The molecule has 1 aromatic heterocycles. The molecular weight excluding hydrogens is 236 g/mol. The lowest BCUT2D eigenvalue weighted by atomic mass is 9.84. The van der Waals surface area contributed by atoms with Crippen LogP contribution in [0.4, 0.5) is 0 Å². The molecule has 0 unspecified atom stereocenters. The lowest BCUT2D eigenvalue weighted by molar-refractivity contribution is 0.423. The smallest absolute Gasteiger partial charge is 0.258 e. The molecule has 0 aliphatic rings. The summed E-state index contributed by atoms with van der Waals surface area (Å²) in [5.74, 6) is 1.32. The summed E-state index contributed by atoms with van der Waals surface area (Å²) in [5.41, 5.74) is 2.19. The summed E-state index contributed by atoms with van der Waals surface area (Å²) in [6.07, 6.45) is 0. The van der Waals surface area contributed by atoms with Crippen molar-refractivity contribution >= 4 is 11.6 Å². The maximum atomic E-state index is 5.67. The Labute approximate surface area is 106 Å². The van der Waals surface area contributed by atoms with Crippen LogP contribution in [-0.2, 0) is 11.3 Å². The van der Waals surface area contributed by atoms with Gasteiger partial charge in [0.15, 0.2) is 5.82 Å². The van der Waals surface area contributed by atoms with Crippen molar-refractivity contribution < 1.29 is 4.52 Å². The Morgan fingerprint density at radius 2 is 1.94 bits per heavy atom. The van der Waals surface area contributed by atoms with Crippen LogP contribution < -0.4 is 0 Å². The average molecular weight is 251 g/mol. The van der Waals surface area contributed by atoms with Crippen LogP contribution in [0.5, 0.6) is 0 Å². The summed E-state index contributed by atoms with van der Waals surface area (Å²) in [7, 11) is 0. The molecule has 0 spiro atoms. The molecule has 3 nitrogen and oxygen atoms in total. The standard InChI is InChI=1S/C13H15ClN2O/c1-13(2,3)10-7-5-4-6-9(10)12-15-11(8-14)16-17-12/h4-7H,8H2,1-3H3. The minimum Gasteiger partial charge on any atom is -0.334 e. The number of nitrogens with zero attached hydrogens (tertiary/aromatic N) is 2. The summed E-state index contributed by atoms with van der Waals surface area (Å²) in [6, 6.07) is 8.06. The Morgan fingerprint density at radius 1 is 1.24 bits per heavy atom. The molecule has 90 valence electrons. The summed E-state index contributed by atoms with van der Waals surface area (Å²) in [5, 5.41) is 3.82. The highest BCUT2D eigenvalue weighted by Crippen LogP contribution is 2.31. The predicted octanol–water partition coefficient (Wildman–Crippen LogP) is 3.77. The van der Waals surface area contributed by atoms with Gasteiger partial charge in [0.2, 0.25) is 0 Å². The SMILES string of the molecule is CC(C)(C)c1ccccc1-c1nc(CCl)no1. The first-order valence-corrected chi connectivity index (χ1v) is 6.04. The Kier molecular flexibility index (Phi) is 3.20. The molecule has 2 rings (SSSR count). The lowest BCUT2D eigenvalue weighted by Gasteiger charge is -2.21. The summed E-state index contributed by atoms with van der Waals surface area (Å²) in [6.45, 7) is 6.47. The first-order chi connectivity index (χ1) is 8.02. The number of halogens is 1. The van der Waals surface area contributed by atoms with Crippen LogP contribution in [0.3, 0.4) is 0 Å². The van der Waals surface area contributed by atoms with E-state index >= 15 is 0 Å². The van der Waals surface area contributed by atoms with Gasteiger partial charge in [-0.3, -0.25) is 0 Å². The van der Waals surface area contributed by atoms with Gasteiger partial charge in [0.25, 0.3) is 5.89 Å². The fourth-order valence-electron chi connectivity index (χ4n) is 1.74. The highest BCUT2D eigenvalue weighted by atomic mass is 35.5. The van der Waals surface area contributed by atoms with Crippen LogP contribution in [-0.4, -0.2) is 10.1 Å². The van der Waals surface area contributed by atoms with Crippen molar-refractivity contribution in [1.82, 2.24) is 10.1 Å². The third kappa shape index (κ3) is 2.50. The normalized spacial score (nSPS) is 11.8. The van der Waals surface area contributed by atoms with Crippen molar-refractivity contribution in [3.8, 4) is 11.5 Å². The minimum atomic E-state index is 0.0339. The lowest BCUT2D eigenvalue weighted by Crippen LogP contribution is -2.12. The van der Waals surface area contributed by atoms with Gasteiger partial charge in [-0.15, -0.1) is 11.6 Å². The van der Waals surface area contributed by atoms with Crippen molar-refractivity contribution in [1.29, 1.82) is 0 Å². The van der Waals surface area contributed by atoms with Gasteiger partial charge in [0, 0.05) is 5.56 Å².